The number of hydrogen-bond donors (Lipinski definition) is 1. The van der Waals surface area contributed by atoms with Crippen molar-refractivity contribution in [2.45, 2.75) is 11.5 Å². The highest BCUT2D eigenvalue weighted by Gasteiger charge is 2.25. The minimum Gasteiger partial charge on any atom is -0.452 e. The number of anilines is 1. The van der Waals surface area contributed by atoms with Crippen molar-refractivity contribution in [1.29, 1.82) is 0 Å². The normalized spacial score (nSPS) is 14.8. The first-order valence-corrected chi connectivity index (χ1v) is 11.6. The maximum atomic E-state index is 12.6. The van der Waals surface area contributed by atoms with Crippen LogP contribution in [0.5, 0.6) is 5.75 Å². The van der Waals surface area contributed by atoms with Gasteiger partial charge in [-0.2, -0.15) is 13.1 Å². The van der Waals surface area contributed by atoms with Crippen LogP contribution < -0.4 is 10.1 Å². The van der Waals surface area contributed by atoms with E-state index in [9.17, 15) is 26.8 Å². The summed E-state index contributed by atoms with van der Waals surface area (Å²) in [5.74, 6) is -1.46. The third-order valence-corrected chi connectivity index (χ3v) is 6.52. The lowest BCUT2D eigenvalue weighted by Gasteiger charge is -2.26. The Labute approximate surface area is 195 Å². The Morgan fingerprint density at radius 1 is 1.06 bits per heavy atom. The van der Waals surface area contributed by atoms with E-state index in [2.05, 4.69) is 10.1 Å². The Hall–Kier alpha value is -3.35. The number of halogens is 2. The lowest BCUT2D eigenvalue weighted by molar-refractivity contribution is -0.142. The topological polar surface area (TPSA) is 111 Å². The molecule has 1 aliphatic heterocycles. The molecule has 1 heterocycles. The number of benzene rings is 2. The number of nitrogens with zero attached hydrogens (tertiary/aromatic N) is 1. The third-order valence-electron chi connectivity index (χ3n) is 4.61. The zero-order chi connectivity index (χ0) is 24.6. The average molecular weight is 496 g/mol. The van der Waals surface area contributed by atoms with Crippen molar-refractivity contribution in [2.75, 3.05) is 38.2 Å². The van der Waals surface area contributed by atoms with Crippen molar-refractivity contribution in [2.24, 2.45) is 0 Å². The number of carbonyl (C=O) groups excluding carboxylic acids is 2. The Morgan fingerprint density at radius 3 is 2.32 bits per heavy atom. The summed E-state index contributed by atoms with van der Waals surface area (Å²) in [7, 11) is -3.61. The van der Waals surface area contributed by atoms with Crippen LogP contribution in [-0.2, 0) is 29.1 Å². The molecule has 0 aliphatic carbocycles. The SMILES string of the molecule is O=C(COC(=O)/C=C/c1ccc(S(=O)(=O)N2CCOCC2)cc1)Nc1ccc(OC(F)F)cc1. The van der Waals surface area contributed by atoms with Gasteiger partial charge in [0, 0.05) is 24.9 Å². The van der Waals surface area contributed by atoms with E-state index in [1.165, 1.54) is 46.8 Å². The number of hydrogen-bond acceptors (Lipinski definition) is 7. The van der Waals surface area contributed by atoms with Crippen molar-refractivity contribution in [1.82, 2.24) is 4.31 Å². The zero-order valence-electron chi connectivity index (χ0n) is 17.9. The molecule has 0 atom stereocenters. The van der Waals surface area contributed by atoms with Gasteiger partial charge in [0.05, 0.1) is 18.1 Å². The summed E-state index contributed by atoms with van der Waals surface area (Å²) < 4.78 is 65.1. The first kappa shape index (κ1) is 25.3. The molecule has 0 unspecified atom stereocenters. The second-order valence-electron chi connectivity index (χ2n) is 6.98. The van der Waals surface area contributed by atoms with Crippen LogP contribution in [-0.4, -0.2) is 64.1 Å². The molecule has 9 nitrogen and oxygen atoms in total. The van der Waals surface area contributed by atoms with Crippen LogP contribution >= 0.6 is 0 Å². The van der Waals surface area contributed by atoms with Gasteiger partial charge in [-0.25, -0.2) is 13.2 Å². The molecule has 1 N–H and O–H groups in total. The predicted octanol–water partition coefficient (Wildman–Crippen LogP) is 2.50. The first-order valence-electron chi connectivity index (χ1n) is 10.1. The molecular weight excluding hydrogens is 474 g/mol. The molecule has 0 radical (unpaired) electrons. The Morgan fingerprint density at radius 2 is 1.71 bits per heavy atom. The van der Waals surface area contributed by atoms with Crippen LogP contribution in [0.15, 0.2) is 59.5 Å². The molecule has 2 aromatic carbocycles. The maximum absolute atomic E-state index is 12.6. The molecular formula is C22H22F2N2O7S. The van der Waals surface area contributed by atoms with Crippen molar-refractivity contribution < 1.29 is 41.0 Å². The van der Waals surface area contributed by atoms with E-state index in [4.69, 9.17) is 9.47 Å². The third kappa shape index (κ3) is 7.33. The van der Waals surface area contributed by atoms with Gasteiger partial charge in [0.15, 0.2) is 6.61 Å². The second kappa shape index (κ2) is 11.7. The number of alkyl halides is 2. The van der Waals surface area contributed by atoms with Crippen LogP contribution in [0.1, 0.15) is 5.56 Å². The summed E-state index contributed by atoms with van der Waals surface area (Å²) in [4.78, 5) is 23.9. The fraction of sp³-hybridized carbons (Fsp3) is 0.273. The molecule has 2 aromatic rings. The molecule has 182 valence electrons. The van der Waals surface area contributed by atoms with E-state index in [0.717, 1.165) is 6.08 Å². The van der Waals surface area contributed by atoms with E-state index >= 15 is 0 Å². The van der Waals surface area contributed by atoms with E-state index in [1.54, 1.807) is 12.1 Å². The summed E-state index contributed by atoms with van der Waals surface area (Å²) in [5, 5.41) is 2.45. The van der Waals surface area contributed by atoms with Crippen molar-refractivity contribution in [3.63, 3.8) is 0 Å². The van der Waals surface area contributed by atoms with Crippen molar-refractivity contribution >= 4 is 33.7 Å². The highest BCUT2D eigenvalue weighted by molar-refractivity contribution is 7.89. The molecule has 0 bridgehead atoms. The number of carbonyl (C=O) groups is 2. The quantitative estimate of drug-likeness (QED) is 0.419. The molecule has 3 rings (SSSR count). The predicted molar refractivity (Wildman–Crippen MR) is 118 cm³/mol. The van der Waals surface area contributed by atoms with Gasteiger partial charge >= 0.3 is 12.6 Å². The van der Waals surface area contributed by atoms with Gasteiger partial charge in [-0.1, -0.05) is 12.1 Å². The molecule has 1 aliphatic rings. The smallest absolute Gasteiger partial charge is 0.387 e. The van der Waals surface area contributed by atoms with E-state index in [0.29, 0.717) is 37.6 Å². The van der Waals surface area contributed by atoms with E-state index in [-0.39, 0.29) is 10.6 Å². The van der Waals surface area contributed by atoms with Crippen LogP contribution in [0.25, 0.3) is 6.08 Å². The first-order chi connectivity index (χ1) is 16.2. The van der Waals surface area contributed by atoms with Gasteiger partial charge < -0.3 is 19.5 Å². The van der Waals surface area contributed by atoms with Crippen LogP contribution in [0.2, 0.25) is 0 Å². The summed E-state index contributed by atoms with van der Waals surface area (Å²) in [5.41, 5.74) is 0.874. The zero-order valence-corrected chi connectivity index (χ0v) is 18.7. The fourth-order valence-electron chi connectivity index (χ4n) is 2.95. The summed E-state index contributed by atoms with van der Waals surface area (Å²) in [6.45, 7) is -2.22. The van der Waals surface area contributed by atoms with Crippen LogP contribution in [0.3, 0.4) is 0 Å². The van der Waals surface area contributed by atoms with Gasteiger partial charge in [0.1, 0.15) is 5.75 Å². The van der Waals surface area contributed by atoms with Gasteiger partial charge in [0.25, 0.3) is 5.91 Å². The van der Waals surface area contributed by atoms with Gasteiger partial charge in [-0.05, 0) is 48.0 Å². The minimum atomic E-state index is -3.61. The van der Waals surface area contributed by atoms with Gasteiger partial charge in [-0.15, -0.1) is 0 Å². The molecule has 1 saturated heterocycles. The molecule has 0 aromatic heterocycles. The monoisotopic (exact) mass is 496 g/mol. The number of esters is 1. The summed E-state index contributed by atoms with van der Waals surface area (Å²) >= 11 is 0. The maximum Gasteiger partial charge on any atom is 0.387 e. The van der Waals surface area contributed by atoms with Gasteiger partial charge in [0.2, 0.25) is 10.0 Å². The second-order valence-corrected chi connectivity index (χ2v) is 8.92. The fourth-order valence-corrected chi connectivity index (χ4v) is 4.36. The van der Waals surface area contributed by atoms with E-state index < -0.39 is 35.1 Å². The van der Waals surface area contributed by atoms with Crippen molar-refractivity contribution in [3.8, 4) is 5.75 Å². The van der Waals surface area contributed by atoms with E-state index in [1.807, 2.05) is 0 Å². The molecule has 1 amide bonds. The lowest BCUT2D eigenvalue weighted by atomic mass is 10.2. The number of morpholine rings is 1. The number of rotatable bonds is 9. The average Bonchev–Trinajstić information content (AvgIpc) is 2.83. The number of sulfonamides is 1. The number of nitrogens with one attached hydrogen (secondary N) is 1. The standard InChI is InChI=1S/C22H22F2N2O7S/c23-22(24)33-18-6-4-17(5-7-18)25-20(27)15-32-21(28)10-3-16-1-8-19(9-2-16)34(29,30)26-11-13-31-14-12-26/h1-10,22H,11-15H2,(H,25,27)/b10-3+. The van der Waals surface area contributed by atoms with Crippen molar-refractivity contribution in [3.05, 3.63) is 60.2 Å². The number of ether oxygens (including phenoxy) is 3. The highest BCUT2D eigenvalue weighted by atomic mass is 32.2. The largest absolute Gasteiger partial charge is 0.452 e. The molecule has 0 spiro atoms. The molecule has 0 saturated carbocycles. The molecule has 34 heavy (non-hydrogen) atoms. The minimum absolute atomic E-state index is 0.0590. The molecule has 1 fully saturated rings. The Balaban J connectivity index is 1.46. The Bertz CT molecular complexity index is 1110. The number of amides is 1. The highest BCUT2D eigenvalue weighted by Crippen LogP contribution is 2.19. The van der Waals surface area contributed by atoms with Gasteiger partial charge in [-0.3, -0.25) is 4.79 Å². The summed E-state index contributed by atoms with van der Waals surface area (Å²) in [6, 6.07) is 11.2. The van der Waals surface area contributed by atoms with Crippen LogP contribution in [0.4, 0.5) is 14.5 Å². The Kier molecular flexibility index (Phi) is 8.68. The van der Waals surface area contributed by atoms with Crippen LogP contribution in [0, 0.1) is 0 Å². The summed E-state index contributed by atoms with van der Waals surface area (Å²) in [6.07, 6.45) is 2.53. The lowest BCUT2D eigenvalue weighted by Crippen LogP contribution is -2.40. The molecule has 12 heteroatoms.